The van der Waals surface area contributed by atoms with Crippen LogP contribution in [0.15, 0.2) is 24.3 Å². The van der Waals surface area contributed by atoms with E-state index in [1.165, 1.54) is 19.1 Å². The predicted molar refractivity (Wildman–Crippen MR) is 66.2 cm³/mol. The molecule has 0 aliphatic rings. The molecule has 5 heteroatoms. The van der Waals surface area contributed by atoms with Crippen molar-refractivity contribution in [2.24, 2.45) is 0 Å². The predicted octanol–water partition coefficient (Wildman–Crippen LogP) is 2.07. The van der Waals surface area contributed by atoms with E-state index in [2.05, 4.69) is 5.32 Å². The van der Waals surface area contributed by atoms with Crippen LogP contribution in [-0.2, 0) is 11.2 Å². The molecule has 0 fully saturated rings. The van der Waals surface area contributed by atoms with Crippen molar-refractivity contribution in [3.63, 3.8) is 0 Å². The Hall–Kier alpha value is -1.62. The van der Waals surface area contributed by atoms with Crippen molar-refractivity contribution in [1.82, 2.24) is 5.32 Å². The molecular weight excluding hydrogens is 237 g/mol. The van der Waals surface area contributed by atoms with Crippen LogP contribution < -0.4 is 5.32 Å². The molecule has 0 saturated heterocycles. The number of aromatic hydroxyl groups is 1. The molecule has 1 rings (SSSR count). The quantitative estimate of drug-likeness (QED) is 0.681. The topological polar surface area (TPSA) is 69.6 Å². The lowest BCUT2D eigenvalue weighted by atomic mass is 9.92. The van der Waals surface area contributed by atoms with Crippen LogP contribution >= 0.6 is 0 Å². The molecule has 0 bridgehead atoms. The van der Waals surface area contributed by atoms with E-state index in [9.17, 15) is 14.3 Å². The minimum Gasteiger partial charge on any atom is -0.508 e. The van der Waals surface area contributed by atoms with Crippen molar-refractivity contribution in [3.8, 4) is 5.75 Å². The Kier molecular flexibility index (Phi) is 4.67. The van der Waals surface area contributed by atoms with Gasteiger partial charge in [-0.15, -0.1) is 0 Å². The van der Waals surface area contributed by atoms with Gasteiger partial charge in [-0.25, -0.2) is 4.39 Å². The monoisotopic (exact) mass is 255 g/mol. The summed E-state index contributed by atoms with van der Waals surface area (Å²) in [6.07, 6.45) is -1.01. The number of rotatable bonds is 6. The zero-order valence-corrected chi connectivity index (χ0v) is 10.5. The molecule has 0 amide bonds. The molecule has 18 heavy (non-hydrogen) atoms. The molecule has 0 radical (unpaired) electrons. The third-order valence-corrected chi connectivity index (χ3v) is 2.80. The van der Waals surface area contributed by atoms with Crippen molar-refractivity contribution < 1.29 is 19.4 Å². The number of halogens is 1. The molecular formula is C13H18FNO3. The van der Waals surface area contributed by atoms with Gasteiger partial charge in [0.15, 0.2) is 6.30 Å². The minimum absolute atomic E-state index is 0.112. The molecule has 1 aromatic carbocycles. The normalized spacial score (nSPS) is 15.9. The van der Waals surface area contributed by atoms with Gasteiger partial charge in [-0.2, -0.15) is 0 Å². The molecule has 0 saturated carbocycles. The van der Waals surface area contributed by atoms with Crippen LogP contribution in [0.3, 0.4) is 0 Å². The smallest absolute Gasteiger partial charge is 0.324 e. The standard InChI is InChI=1S/C13H18FNO3/c1-3-11(14)15-13(2,12(17)18)8-9-4-6-10(16)7-5-9/h4-7,11,15-16H,3,8H2,1-2H3,(H,17,18). The Balaban J connectivity index is 2.85. The largest absolute Gasteiger partial charge is 0.508 e. The van der Waals surface area contributed by atoms with E-state index in [0.717, 1.165) is 0 Å². The zero-order valence-electron chi connectivity index (χ0n) is 10.5. The summed E-state index contributed by atoms with van der Waals surface area (Å²) in [5.41, 5.74) is -0.652. The first-order valence-electron chi connectivity index (χ1n) is 5.80. The van der Waals surface area contributed by atoms with Crippen LogP contribution in [0.25, 0.3) is 0 Å². The lowest BCUT2D eigenvalue weighted by Crippen LogP contribution is -2.54. The second-order valence-electron chi connectivity index (χ2n) is 4.50. The second kappa shape index (κ2) is 5.82. The number of aliphatic carboxylic acids is 1. The van der Waals surface area contributed by atoms with Crippen LogP contribution in [-0.4, -0.2) is 28.0 Å². The number of hydrogen-bond donors (Lipinski definition) is 3. The van der Waals surface area contributed by atoms with Gasteiger partial charge in [0.2, 0.25) is 0 Å². The first-order valence-corrected chi connectivity index (χ1v) is 5.80. The van der Waals surface area contributed by atoms with E-state index in [-0.39, 0.29) is 18.6 Å². The molecule has 0 spiro atoms. The number of carboxylic acids is 1. The summed E-state index contributed by atoms with van der Waals surface area (Å²) in [5, 5.41) is 20.8. The third kappa shape index (κ3) is 3.70. The van der Waals surface area contributed by atoms with E-state index in [0.29, 0.717) is 5.56 Å². The van der Waals surface area contributed by atoms with E-state index >= 15 is 0 Å². The van der Waals surface area contributed by atoms with Gasteiger partial charge in [-0.1, -0.05) is 19.1 Å². The Morgan fingerprint density at radius 2 is 2.00 bits per heavy atom. The van der Waals surface area contributed by atoms with Crippen LogP contribution in [0.1, 0.15) is 25.8 Å². The molecule has 2 atom stereocenters. The average molecular weight is 255 g/mol. The highest BCUT2D eigenvalue weighted by Crippen LogP contribution is 2.18. The van der Waals surface area contributed by atoms with E-state index < -0.39 is 17.8 Å². The van der Waals surface area contributed by atoms with Crippen LogP contribution in [0.5, 0.6) is 5.75 Å². The number of hydrogen-bond acceptors (Lipinski definition) is 3. The van der Waals surface area contributed by atoms with Gasteiger partial charge in [0, 0.05) is 6.42 Å². The zero-order chi connectivity index (χ0) is 13.8. The lowest BCUT2D eigenvalue weighted by molar-refractivity contribution is -0.145. The fourth-order valence-corrected chi connectivity index (χ4v) is 1.66. The van der Waals surface area contributed by atoms with E-state index in [1.54, 1.807) is 19.1 Å². The van der Waals surface area contributed by atoms with Gasteiger partial charge in [-0.3, -0.25) is 10.1 Å². The van der Waals surface area contributed by atoms with E-state index in [4.69, 9.17) is 5.11 Å². The Labute approximate surface area is 105 Å². The number of carbonyl (C=O) groups is 1. The van der Waals surface area contributed by atoms with Crippen LogP contribution in [0, 0.1) is 0 Å². The summed E-state index contributed by atoms with van der Waals surface area (Å²) in [6, 6.07) is 6.20. The van der Waals surface area contributed by atoms with E-state index in [1.807, 2.05) is 0 Å². The number of nitrogens with one attached hydrogen (secondary N) is 1. The summed E-state index contributed by atoms with van der Waals surface area (Å²) >= 11 is 0. The molecule has 4 nitrogen and oxygen atoms in total. The molecule has 0 aromatic heterocycles. The Bertz CT molecular complexity index is 407. The van der Waals surface area contributed by atoms with Crippen molar-refractivity contribution in [1.29, 1.82) is 0 Å². The summed E-state index contributed by atoms with van der Waals surface area (Å²) < 4.78 is 13.3. The van der Waals surface area contributed by atoms with Crippen molar-refractivity contribution >= 4 is 5.97 Å². The SMILES string of the molecule is CCC(F)NC(C)(Cc1ccc(O)cc1)C(=O)O. The fraction of sp³-hybridized carbons (Fsp3) is 0.462. The fourth-order valence-electron chi connectivity index (χ4n) is 1.66. The molecule has 0 aliphatic heterocycles. The summed E-state index contributed by atoms with van der Waals surface area (Å²) in [7, 11) is 0. The van der Waals surface area contributed by atoms with Gasteiger partial charge in [0.05, 0.1) is 0 Å². The summed E-state index contributed by atoms with van der Waals surface area (Å²) in [5.74, 6) is -0.993. The molecule has 0 heterocycles. The maximum Gasteiger partial charge on any atom is 0.324 e. The minimum atomic E-state index is -1.37. The lowest BCUT2D eigenvalue weighted by Gasteiger charge is -2.28. The molecule has 1 aromatic rings. The van der Waals surface area contributed by atoms with Crippen LogP contribution in [0.4, 0.5) is 4.39 Å². The molecule has 3 N–H and O–H groups in total. The highest BCUT2D eigenvalue weighted by molar-refractivity contribution is 5.78. The van der Waals surface area contributed by atoms with Crippen LogP contribution in [0.2, 0.25) is 0 Å². The molecule has 100 valence electrons. The molecule has 0 aliphatic carbocycles. The second-order valence-corrected chi connectivity index (χ2v) is 4.50. The average Bonchev–Trinajstić information content (AvgIpc) is 2.31. The highest BCUT2D eigenvalue weighted by atomic mass is 19.1. The first kappa shape index (κ1) is 14.4. The maximum absolute atomic E-state index is 13.3. The number of carboxylic acid groups (broad SMARTS) is 1. The Morgan fingerprint density at radius 1 is 1.44 bits per heavy atom. The Morgan fingerprint density at radius 3 is 2.44 bits per heavy atom. The van der Waals surface area contributed by atoms with Gasteiger partial charge in [-0.05, 0) is 31.0 Å². The van der Waals surface area contributed by atoms with Gasteiger partial charge in [0.1, 0.15) is 11.3 Å². The third-order valence-electron chi connectivity index (χ3n) is 2.80. The summed E-state index contributed by atoms with van der Waals surface area (Å²) in [6.45, 7) is 3.09. The van der Waals surface area contributed by atoms with Gasteiger partial charge in [0.25, 0.3) is 0 Å². The van der Waals surface area contributed by atoms with Gasteiger partial charge >= 0.3 is 5.97 Å². The van der Waals surface area contributed by atoms with Crippen molar-refractivity contribution in [2.45, 2.75) is 38.5 Å². The number of alkyl halides is 1. The maximum atomic E-state index is 13.3. The first-order chi connectivity index (χ1) is 8.37. The summed E-state index contributed by atoms with van der Waals surface area (Å²) in [4.78, 5) is 11.3. The van der Waals surface area contributed by atoms with Crippen molar-refractivity contribution in [3.05, 3.63) is 29.8 Å². The molecule has 2 unspecified atom stereocenters. The number of phenols is 1. The highest BCUT2D eigenvalue weighted by Gasteiger charge is 2.35. The van der Waals surface area contributed by atoms with Gasteiger partial charge < -0.3 is 10.2 Å². The number of phenolic OH excluding ortho intramolecular Hbond substituents is 1. The van der Waals surface area contributed by atoms with Crippen molar-refractivity contribution in [2.75, 3.05) is 0 Å². The number of benzene rings is 1.